The number of hydrogen-bond donors (Lipinski definition) is 1. The zero-order valence-electron chi connectivity index (χ0n) is 16.6. The Balaban J connectivity index is 1.43. The second-order valence-corrected chi connectivity index (χ2v) is 7.25. The normalized spacial score (nSPS) is 17.1. The first-order chi connectivity index (χ1) is 14.1. The smallest absolute Gasteiger partial charge is 0.409 e. The van der Waals surface area contributed by atoms with Crippen LogP contribution in [0.2, 0.25) is 0 Å². The Labute approximate surface area is 171 Å². The van der Waals surface area contributed by atoms with Crippen molar-refractivity contribution >= 4 is 12.0 Å². The molecule has 1 aliphatic heterocycles. The van der Waals surface area contributed by atoms with Gasteiger partial charge in [0.05, 0.1) is 6.20 Å². The van der Waals surface area contributed by atoms with Crippen LogP contribution in [-0.4, -0.2) is 59.0 Å². The van der Waals surface area contributed by atoms with E-state index in [2.05, 4.69) is 34.1 Å². The molecule has 2 heterocycles. The molecule has 1 aliphatic rings. The predicted octanol–water partition coefficient (Wildman–Crippen LogP) is 2.46. The first-order valence-electron chi connectivity index (χ1n) is 10.1. The summed E-state index contributed by atoms with van der Waals surface area (Å²) < 4.78 is 5.33. The number of rotatable bonds is 8. The Morgan fingerprint density at radius 2 is 1.90 bits per heavy atom. The second-order valence-electron chi connectivity index (χ2n) is 7.25. The van der Waals surface area contributed by atoms with E-state index < -0.39 is 18.0 Å². The number of carbonyl (C=O) groups excluding carboxylic acids is 2. The van der Waals surface area contributed by atoms with Gasteiger partial charge in [0.2, 0.25) is 5.91 Å². The van der Waals surface area contributed by atoms with E-state index in [1.807, 2.05) is 6.07 Å². The van der Waals surface area contributed by atoms with Crippen LogP contribution in [0.5, 0.6) is 5.75 Å². The summed E-state index contributed by atoms with van der Waals surface area (Å²) in [6, 6.07) is 13.3. The maximum atomic E-state index is 12.4. The maximum Gasteiger partial charge on any atom is 0.415 e. The summed E-state index contributed by atoms with van der Waals surface area (Å²) >= 11 is 0. The fraction of sp³-hybridized carbons (Fsp3) is 0.409. The van der Waals surface area contributed by atoms with Crippen molar-refractivity contribution in [3.63, 3.8) is 0 Å². The zero-order valence-corrected chi connectivity index (χ0v) is 16.6. The van der Waals surface area contributed by atoms with Gasteiger partial charge in [0, 0.05) is 25.8 Å². The highest BCUT2D eigenvalue weighted by molar-refractivity contribution is 5.81. The first-order valence-corrected chi connectivity index (χ1v) is 10.1. The number of amides is 2. The van der Waals surface area contributed by atoms with E-state index >= 15 is 0 Å². The molecule has 2 amide bonds. The van der Waals surface area contributed by atoms with Crippen LogP contribution in [0.15, 0.2) is 54.9 Å². The molecule has 0 radical (unpaired) electrons. The van der Waals surface area contributed by atoms with E-state index in [-0.39, 0.29) is 6.54 Å². The number of aromatic nitrogens is 1. The Morgan fingerprint density at radius 1 is 1.07 bits per heavy atom. The Kier molecular flexibility index (Phi) is 7.58. The molecule has 1 saturated heterocycles. The molecule has 2 aromatic rings. The molecule has 3 rings (SSSR count). The third-order valence-electron chi connectivity index (χ3n) is 5.17. The summed E-state index contributed by atoms with van der Waals surface area (Å²) in [4.78, 5) is 31.9. The second kappa shape index (κ2) is 10.6. The molecular weight excluding hydrogens is 368 g/mol. The third-order valence-corrected chi connectivity index (χ3v) is 5.17. The highest BCUT2D eigenvalue weighted by atomic mass is 16.6. The van der Waals surface area contributed by atoms with Crippen LogP contribution in [0.4, 0.5) is 4.79 Å². The van der Waals surface area contributed by atoms with Crippen LogP contribution in [0.3, 0.4) is 0 Å². The average Bonchev–Trinajstić information content (AvgIpc) is 2.75. The highest BCUT2D eigenvalue weighted by Gasteiger charge is 2.33. The standard InChI is InChI=1S/C22H28N4O3/c23-21(27)20-17-26(22(28)29-19-11-7-12-24-16-19)15-14-25(20)13-6-2-5-10-18-8-3-1-4-9-18/h1,3-4,7-9,11-12,16,20H,2,5-6,10,13-15,17H2,(H2,23,27). The molecule has 1 unspecified atom stereocenters. The molecule has 154 valence electrons. The van der Waals surface area contributed by atoms with Crippen molar-refractivity contribution < 1.29 is 14.3 Å². The monoisotopic (exact) mass is 396 g/mol. The number of primary amides is 1. The molecule has 7 heteroatoms. The lowest BCUT2D eigenvalue weighted by molar-refractivity contribution is -0.125. The van der Waals surface area contributed by atoms with Gasteiger partial charge < -0.3 is 15.4 Å². The van der Waals surface area contributed by atoms with E-state index in [0.717, 1.165) is 32.2 Å². The molecule has 29 heavy (non-hydrogen) atoms. The molecule has 1 atom stereocenters. The van der Waals surface area contributed by atoms with Crippen molar-refractivity contribution in [3.8, 4) is 5.75 Å². The zero-order chi connectivity index (χ0) is 20.5. The molecule has 0 aliphatic carbocycles. The minimum absolute atomic E-state index is 0.248. The lowest BCUT2D eigenvalue weighted by Crippen LogP contribution is -2.59. The number of nitrogens with two attached hydrogens (primary N) is 1. The molecule has 0 spiro atoms. The van der Waals surface area contributed by atoms with Crippen LogP contribution < -0.4 is 10.5 Å². The van der Waals surface area contributed by atoms with Crippen molar-refractivity contribution in [1.29, 1.82) is 0 Å². The van der Waals surface area contributed by atoms with E-state index in [4.69, 9.17) is 10.5 Å². The number of carbonyl (C=O) groups is 2. The minimum Gasteiger partial charge on any atom is -0.409 e. The molecule has 1 aromatic heterocycles. The number of unbranched alkanes of at least 4 members (excludes halogenated alkanes) is 2. The van der Waals surface area contributed by atoms with Crippen LogP contribution in [0, 0.1) is 0 Å². The number of piperazine rings is 1. The van der Waals surface area contributed by atoms with Gasteiger partial charge in [-0.15, -0.1) is 0 Å². The van der Waals surface area contributed by atoms with Gasteiger partial charge in [0.25, 0.3) is 0 Å². The number of nitrogens with zero attached hydrogens (tertiary/aromatic N) is 3. The average molecular weight is 396 g/mol. The maximum absolute atomic E-state index is 12.4. The van der Waals surface area contributed by atoms with Crippen LogP contribution in [0.25, 0.3) is 0 Å². The summed E-state index contributed by atoms with van der Waals surface area (Å²) in [6.07, 6.45) is 6.87. The van der Waals surface area contributed by atoms with Crippen molar-refractivity contribution in [2.24, 2.45) is 5.73 Å². The Bertz CT molecular complexity index is 785. The summed E-state index contributed by atoms with van der Waals surface area (Å²) in [7, 11) is 0. The first kappa shape index (κ1) is 20.8. The van der Waals surface area contributed by atoms with Gasteiger partial charge in [-0.1, -0.05) is 36.8 Å². The van der Waals surface area contributed by atoms with Crippen LogP contribution in [-0.2, 0) is 11.2 Å². The van der Waals surface area contributed by atoms with Gasteiger partial charge >= 0.3 is 6.09 Å². The number of hydrogen-bond acceptors (Lipinski definition) is 5. The largest absolute Gasteiger partial charge is 0.415 e. The molecule has 7 nitrogen and oxygen atoms in total. The van der Waals surface area contributed by atoms with Crippen molar-refractivity contribution in [2.75, 3.05) is 26.2 Å². The molecule has 0 saturated carbocycles. The number of ether oxygens (including phenoxy) is 1. The molecule has 1 fully saturated rings. The SMILES string of the molecule is NC(=O)C1CN(C(=O)Oc2cccnc2)CCN1CCCCCc1ccccc1. The Morgan fingerprint density at radius 3 is 2.62 bits per heavy atom. The molecule has 2 N–H and O–H groups in total. The van der Waals surface area contributed by atoms with Crippen LogP contribution >= 0.6 is 0 Å². The molecule has 1 aromatic carbocycles. The lowest BCUT2D eigenvalue weighted by atomic mass is 10.1. The van der Waals surface area contributed by atoms with Crippen molar-refractivity contribution in [3.05, 3.63) is 60.4 Å². The topological polar surface area (TPSA) is 88.8 Å². The summed E-state index contributed by atoms with van der Waals surface area (Å²) in [6.45, 7) is 2.16. The van der Waals surface area contributed by atoms with Gasteiger partial charge in [0.15, 0.2) is 5.75 Å². The van der Waals surface area contributed by atoms with Gasteiger partial charge in [-0.05, 0) is 43.5 Å². The predicted molar refractivity (Wildman–Crippen MR) is 110 cm³/mol. The van der Waals surface area contributed by atoms with Gasteiger partial charge in [0.1, 0.15) is 6.04 Å². The van der Waals surface area contributed by atoms with Gasteiger partial charge in [-0.3, -0.25) is 14.7 Å². The third kappa shape index (κ3) is 6.29. The van der Waals surface area contributed by atoms with E-state index in [0.29, 0.717) is 18.8 Å². The molecular formula is C22H28N4O3. The minimum atomic E-state index is -0.487. The highest BCUT2D eigenvalue weighted by Crippen LogP contribution is 2.15. The number of aryl methyl sites for hydroxylation is 1. The lowest BCUT2D eigenvalue weighted by Gasteiger charge is -2.39. The summed E-state index contributed by atoms with van der Waals surface area (Å²) in [5.74, 6) is -0.0258. The number of pyridine rings is 1. The summed E-state index contributed by atoms with van der Waals surface area (Å²) in [5.41, 5.74) is 6.96. The van der Waals surface area contributed by atoms with Crippen molar-refractivity contribution in [2.45, 2.75) is 31.7 Å². The van der Waals surface area contributed by atoms with E-state index in [9.17, 15) is 9.59 Å². The fourth-order valence-corrected chi connectivity index (χ4v) is 3.56. The van der Waals surface area contributed by atoms with Gasteiger partial charge in [-0.25, -0.2) is 4.79 Å². The molecule has 0 bridgehead atoms. The Hall–Kier alpha value is -2.93. The van der Waals surface area contributed by atoms with Crippen molar-refractivity contribution in [1.82, 2.24) is 14.8 Å². The quantitative estimate of drug-likeness (QED) is 0.693. The van der Waals surface area contributed by atoms with Crippen LogP contribution in [0.1, 0.15) is 24.8 Å². The fourth-order valence-electron chi connectivity index (χ4n) is 3.56. The summed E-state index contributed by atoms with van der Waals surface area (Å²) in [5, 5.41) is 0. The van der Waals surface area contributed by atoms with Gasteiger partial charge in [-0.2, -0.15) is 0 Å². The number of benzene rings is 1. The van der Waals surface area contributed by atoms with E-state index in [1.165, 1.54) is 16.7 Å². The van der Waals surface area contributed by atoms with E-state index in [1.54, 1.807) is 18.3 Å².